The van der Waals surface area contributed by atoms with Gasteiger partial charge >= 0.3 is 5.97 Å². The highest BCUT2D eigenvalue weighted by atomic mass is 32.2. The van der Waals surface area contributed by atoms with E-state index in [2.05, 4.69) is 19.4 Å². The molecule has 0 amide bonds. The maximum Gasteiger partial charge on any atom is 0.309 e. The molecule has 1 unspecified atom stereocenters. The molecule has 0 spiro atoms. The van der Waals surface area contributed by atoms with Crippen molar-refractivity contribution in [2.45, 2.75) is 44.8 Å². The summed E-state index contributed by atoms with van der Waals surface area (Å²) in [5, 5.41) is 0. The van der Waals surface area contributed by atoms with Gasteiger partial charge in [0.25, 0.3) is 0 Å². The molecule has 1 aliphatic rings. The van der Waals surface area contributed by atoms with Crippen LogP contribution in [-0.2, 0) is 24.1 Å². The first-order valence-electron chi connectivity index (χ1n) is 10.3. The van der Waals surface area contributed by atoms with Crippen molar-refractivity contribution in [3.05, 3.63) is 47.4 Å². The Labute approximate surface area is 195 Å². The molecule has 11 heteroatoms. The Morgan fingerprint density at radius 1 is 1.27 bits per heavy atom. The molecule has 0 saturated carbocycles. The molecule has 1 saturated heterocycles. The minimum absolute atomic E-state index is 0.0123. The van der Waals surface area contributed by atoms with Crippen molar-refractivity contribution in [2.75, 3.05) is 17.6 Å². The van der Waals surface area contributed by atoms with E-state index in [-0.39, 0.29) is 30.4 Å². The molecule has 1 fully saturated rings. The van der Waals surface area contributed by atoms with Crippen LogP contribution >= 0.6 is 9.47 Å². The molecule has 3 rings (SSSR count). The van der Waals surface area contributed by atoms with E-state index in [1.807, 2.05) is 13.8 Å². The van der Waals surface area contributed by atoms with E-state index in [1.54, 1.807) is 24.3 Å². The van der Waals surface area contributed by atoms with Gasteiger partial charge in [-0.1, -0.05) is 19.9 Å². The van der Waals surface area contributed by atoms with E-state index >= 15 is 0 Å². The van der Waals surface area contributed by atoms with Crippen molar-refractivity contribution in [2.24, 2.45) is 0 Å². The summed E-state index contributed by atoms with van der Waals surface area (Å²) in [4.78, 5) is 20.9. The van der Waals surface area contributed by atoms with Gasteiger partial charge in [0.2, 0.25) is 16.0 Å². The highest BCUT2D eigenvalue weighted by Crippen LogP contribution is 2.32. The predicted molar refractivity (Wildman–Crippen MR) is 127 cm³/mol. The second-order valence-corrected chi connectivity index (χ2v) is 10.4. The third-order valence-electron chi connectivity index (χ3n) is 5.25. The molecule has 0 aliphatic carbocycles. The number of ether oxygens (including phenoxy) is 1. The first-order chi connectivity index (χ1) is 15.5. The quantitative estimate of drug-likeness (QED) is 0.427. The number of hydrogen-bond donors (Lipinski definition) is 0. The van der Waals surface area contributed by atoms with Crippen molar-refractivity contribution in [1.29, 1.82) is 0 Å². The minimum Gasteiger partial charge on any atom is -0.458 e. The molecule has 0 bridgehead atoms. The number of esters is 1. The molecule has 2 heterocycles. The van der Waals surface area contributed by atoms with Gasteiger partial charge in [0.05, 0.1) is 30.2 Å². The van der Waals surface area contributed by atoms with Crippen LogP contribution in [-0.4, -0.2) is 49.9 Å². The van der Waals surface area contributed by atoms with Gasteiger partial charge in [0, 0.05) is 34.1 Å². The summed E-state index contributed by atoms with van der Waals surface area (Å²) in [6.07, 6.45) is 4.47. The maximum atomic E-state index is 13.6. The van der Waals surface area contributed by atoms with Crippen molar-refractivity contribution in [3.8, 4) is 11.3 Å². The van der Waals surface area contributed by atoms with Gasteiger partial charge in [-0.3, -0.25) is 4.79 Å². The Balaban J connectivity index is 2.16. The minimum atomic E-state index is -3.60. The Hall–Kier alpha value is -2.42. The van der Waals surface area contributed by atoms with Crippen LogP contribution in [0.5, 0.6) is 0 Å². The molecule has 33 heavy (non-hydrogen) atoms. The Bertz CT molecular complexity index is 1160. The fourth-order valence-corrected chi connectivity index (χ4v) is 4.00. The largest absolute Gasteiger partial charge is 0.458 e. The number of sulfonamides is 1. The number of carbonyl (C=O) groups excluding carboxylic acids is 1. The fourth-order valence-electron chi connectivity index (χ4n) is 3.41. The van der Waals surface area contributed by atoms with Crippen LogP contribution in [0.25, 0.3) is 17.3 Å². The molecular weight excluding hydrogens is 468 g/mol. The van der Waals surface area contributed by atoms with Crippen LogP contribution in [0.4, 0.5) is 10.3 Å². The highest BCUT2D eigenvalue weighted by molar-refractivity contribution is 7.92. The van der Waals surface area contributed by atoms with E-state index in [0.717, 1.165) is 10.6 Å². The normalized spacial score (nSPS) is 19.2. The van der Waals surface area contributed by atoms with Crippen LogP contribution < -0.4 is 4.31 Å². The molecule has 1 aliphatic heterocycles. The van der Waals surface area contributed by atoms with Crippen LogP contribution in [0.3, 0.4) is 0 Å². The van der Waals surface area contributed by atoms with Gasteiger partial charge in [-0.25, -0.2) is 27.1 Å². The number of carbonyl (C=O) groups is 1. The molecule has 3 atom stereocenters. The average Bonchev–Trinajstić information content (AvgIpc) is 2.76. The molecular formula is C22H27FN3O5PS. The van der Waals surface area contributed by atoms with E-state index in [4.69, 9.17) is 9.26 Å². The summed E-state index contributed by atoms with van der Waals surface area (Å²) < 4.78 is 49.5. The summed E-state index contributed by atoms with van der Waals surface area (Å²) in [6.45, 7) is 3.86. The number of cyclic esters (lactones) is 1. The first-order valence-corrected chi connectivity index (χ1v) is 12.7. The van der Waals surface area contributed by atoms with Crippen LogP contribution in [0.2, 0.25) is 0 Å². The lowest BCUT2D eigenvalue weighted by molar-refractivity contribution is -0.155. The zero-order valence-corrected chi connectivity index (χ0v) is 20.8. The number of anilines is 1. The van der Waals surface area contributed by atoms with Gasteiger partial charge in [-0.05, 0) is 36.3 Å². The smallest absolute Gasteiger partial charge is 0.309 e. The lowest BCUT2D eigenvalue weighted by atomic mass is 9.97. The standard InChI is InChI=1S/C22H27FN3O5PS/c1-13(2)20-18(10-9-16-11-17(31-32)12-19(27)30-16)21(14-5-7-15(23)8-6-14)25-22(24-20)26(3)33(4,28)29/h5-10,13,16-17H,11-12,32H2,1-4H3/t16-,17-/m1/s1. The summed E-state index contributed by atoms with van der Waals surface area (Å²) in [7, 11) is -0.0556. The monoisotopic (exact) mass is 495 g/mol. The summed E-state index contributed by atoms with van der Waals surface area (Å²) in [5.74, 6) is -0.832. The van der Waals surface area contributed by atoms with Crippen LogP contribution in [0.15, 0.2) is 30.3 Å². The van der Waals surface area contributed by atoms with E-state index in [1.165, 1.54) is 19.2 Å². The Kier molecular flexibility index (Phi) is 7.82. The van der Waals surface area contributed by atoms with E-state index in [0.29, 0.717) is 28.9 Å². The second kappa shape index (κ2) is 10.2. The molecule has 0 radical (unpaired) electrons. The summed E-state index contributed by atoms with van der Waals surface area (Å²) in [5.41, 5.74) is 2.27. The maximum absolute atomic E-state index is 13.6. The van der Waals surface area contributed by atoms with Gasteiger partial charge in [-0.2, -0.15) is 0 Å². The number of nitrogens with zero attached hydrogens (tertiary/aromatic N) is 3. The number of aromatic nitrogens is 2. The predicted octanol–water partition coefficient (Wildman–Crippen LogP) is 3.70. The third-order valence-corrected chi connectivity index (χ3v) is 6.79. The van der Waals surface area contributed by atoms with E-state index in [9.17, 15) is 17.6 Å². The molecule has 178 valence electrons. The van der Waals surface area contributed by atoms with Crippen LogP contribution in [0.1, 0.15) is 43.9 Å². The molecule has 1 aromatic carbocycles. The molecule has 8 nitrogen and oxygen atoms in total. The average molecular weight is 496 g/mol. The van der Waals surface area contributed by atoms with Gasteiger partial charge in [0.1, 0.15) is 11.9 Å². The van der Waals surface area contributed by atoms with Crippen molar-refractivity contribution < 1.29 is 26.9 Å². The lowest BCUT2D eigenvalue weighted by Crippen LogP contribution is -2.31. The number of halogens is 1. The number of benzene rings is 1. The van der Waals surface area contributed by atoms with Crippen molar-refractivity contribution in [3.63, 3.8) is 0 Å². The van der Waals surface area contributed by atoms with Gasteiger partial charge < -0.3 is 9.26 Å². The Morgan fingerprint density at radius 2 is 1.94 bits per heavy atom. The SMILES string of the molecule is CC(C)c1nc(N(C)S(C)(=O)=O)nc(-c2ccc(F)cc2)c1C=C[C@@H]1C[C@@H](OP)CC(=O)O1. The summed E-state index contributed by atoms with van der Waals surface area (Å²) >= 11 is 0. The van der Waals surface area contributed by atoms with Crippen LogP contribution in [0, 0.1) is 5.82 Å². The fraction of sp³-hybridized carbons (Fsp3) is 0.409. The topological polar surface area (TPSA) is 98.7 Å². The summed E-state index contributed by atoms with van der Waals surface area (Å²) in [6, 6.07) is 5.76. The first kappa shape index (κ1) is 25.2. The lowest BCUT2D eigenvalue weighted by Gasteiger charge is -2.26. The van der Waals surface area contributed by atoms with Crippen molar-refractivity contribution >= 4 is 37.5 Å². The second-order valence-electron chi connectivity index (χ2n) is 8.15. The Morgan fingerprint density at radius 3 is 2.52 bits per heavy atom. The van der Waals surface area contributed by atoms with Gasteiger partial charge in [0.15, 0.2) is 0 Å². The molecule has 1 aromatic heterocycles. The molecule has 2 aromatic rings. The van der Waals surface area contributed by atoms with E-state index < -0.39 is 21.9 Å². The highest BCUT2D eigenvalue weighted by Gasteiger charge is 2.28. The van der Waals surface area contributed by atoms with Crippen molar-refractivity contribution in [1.82, 2.24) is 9.97 Å². The zero-order chi connectivity index (χ0) is 24.3. The number of hydrogen-bond acceptors (Lipinski definition) is 7. The van der Waals surface area contributed by atoms with Gasteiger partial charge in [-0.15, -0.1) is 0 Å². The number of rotatable bonds is 7. The zero-order valence-electron chi connectivity index (χ0n) is 18.9. The third kappa shape index (κ3) is 6.13. The molecule has 0 N–H and O–H groups in total.